The maximum atomic E-state index is 11.8. The maximum Gasteiger partial charge on any atom is 0.303 e. The van der Waals surface area contributed by atoms with Crippen molar-refractivity contribution in [1.29, 1.82) is 0 Å². The van der Waals surface area contributed by atoms with Gasteiger partial charge in [-0.1, -0.05) is 18.2 Å². The molecule has 37 heavy (non-hydrogen) atoms. The second-order valence-corrected chi connectivity index (χ2v) is 9.08. The van der Waals surface area contributed by atoms with Crippen LogP contribution in [0.2, 0.25) is 0 Å². The van der Waals surface area contributed by atoms with Crippen molar-refractivity contribution in [3.8, 4) is 0 Å². The summed E-state index contributed by atoms with van der Waals surface area (Å²) >= 11 is 0. The number of allylic oxidation sites excluding steroid dienone is 3. The first kappa shape index (κ1) is 28.7. The number of hydrogen-bond acceptors (Lipinski definition) is 10. The van der Waals surface area contributed by atoms with Gasteiger partial charge < -0.3 is 54.5 Å². The van der Waals surface area contributed by atoms with Gasteiger partial charge in [-0.05, 0) is 12.2 Å². The van der Waals surface area contributed by atoms with Crippen LogP contribution in [0.1, 0.15) is 12.8 Å². The molecule has 3 rings (SSSR count). The molecule has 204 valence electrons. The molecule has 9 unspecified atom stereocenters. The molecule has 3 aliphatic heterocycles. The van der Waals surface area contributed by atoms with E-state index in [0.717, 1.165) is 16.7 Å². The lowest BCUT2D eigenvalue weighted by atomic mass is 9.83. The molecule has 9 atom stereocenters. The van der Waals surface area contributed by atoms with Crippen LogP contribution in [-0.4, -0.2) is 94.2 Å². The monoisotopic (exact) mass is 523 g/mol. The summed E-state index contributed by atoms with van der Waals surface area (Å²) in [5.74, 6) is -3.88. The minimum atomic E-state index is -1.67. The molecule has 0 radical (unpaired) electrons. The molecule has 0 aromatic rings. The van der Waals surface area contributed by atoms with E-state index in [4.69, 9.17) is 19.3 Å². The third-order valence-electron chi connectivity index (χ3n) is 6.52. The SMILES string of the molecule is C=CC1C(OC2OC(CO)C(O)C(O)C2O)OC=C(C(=O)[O-])C1C=CC1=CC=C[NH+](CCCC(=O)O)C1. The fourth-order valence-corrected chi connectivity index (χ4v) is 4.46. The van der Waals surface area contributed by atoms with E-state index in [1.807, 2.05) is 18.4 Å². The lowest BCUT2D eigenvalue weighted by molar-refractivity contribution is -0.842. The number of aliphatic carboxylic acids is 2. The van der Waals surface area contributed by atoms with Crippen molar-refractivity contribution in [1.82, 2.24) is 0 Å². The van der Waals surface area contributed by atoms with Gasteiger partial charge in [-0.3, -0.25) is 4.79 Å². The van der Waals surface area contributed by atoms with Crippen molar-refractivity contribution in [2.24, 2.45) is 11.8 Å². The lowest BCUT2D eigenvalue weighted by Crippen LogP contribution is -3.08. The molecule has 0 bridgehead atoms. The van der Waals surface area contributed by atoms with Crippen LogP contribution in [0.25, 0.3) is 0 Å². The van der Waals surface area contributed by atoms with E-state index in [1.165, 1.54) is 6.08 Å². The second-order valence-electron chi connectivity index (χ2n) is 9.08. The van der Waals surface area contributed by atoms with Gasteiger partial charge in [0.1, 0.15) is 31.0 Å². The standard InChI is InChI=1S/C25H33NO11/c1-2-15-16(8-7-14-5-3-9-26(11-14)10-4-6-19(28)29)17(23(33)34)13-35-24(15)37-25-22(32)21(31)20(30)18(12-27)36-25/h2-3,5,7-9,13,15-16,18,20-22,24-25,27,30-32H,1,4,6,10-12H2,(H,28,29)(H,33,34). The quantitative estimate of drug-likeness (QED) is 0.151. The van der Waals surface area contributed by atoms with Crippen LogP contribution >= 0.6 is 0 Å². The van der Waals surface area contributed by atoms with Crippen molar-refractivity contribution in [2.45, 2.75) is 49.8 Å². The van der Waals surface area contributed by atoms with Crippen molar-refractivity contribution < 1.29 is 59.3 Å². The third kappa shape index (κ3) is 7.14. The number of quaternary nitrogens is 1. The van der Waals surface area contributed by atoms with Gasteiger partial charge in [0.25, 0.3) is 0 Å². The zero-order valence-electron chi connectivity index (χ0n) is 20.1. The smallest absolute Gasteiger partial charge is 0.303 e. The van der Waals surface area contributed by atoms with Crippen molar-refractivity contribution in [3.05, 3.63) is 60.6 Å². The molecule has 1 fully saturated rings. The molecule has 0 amide bonds. The van der Waals surface area contributed by atoms with E-state index in [9.17, 15) is 35.1 Å². The van der Waals surface area contributed by atoms with Crippen LogP contribution in [-0.2, 0) is 23.8 Å². The number of aliphatic hydroxyl groups is 4. The third-order valence-corrected chi connectivity index (χ3v) is 6.52. The van der Waals surface area contributed by atoms with Crippen LogP contribution in [0, 0.1) is 11.8 Å². The Morgan fingerprint density at radius 1 is 1.22 bits per heavy atom. The molecule has 6 N–H and O–H groups in total. The number of aliphatic hydroxyl groups excluding tert-OH is 4. The van der Waals surface area contributed by atoms with E-state index in [0.29, 0.717) is 19.5 Å². The summed E-state index contributed by atoms with van der Waals surface area (Å²) in [6.45, 7) is 4.32. The first-order valence-corrected chi connectivity index (χ1v) is 11.9. The Morgan fingerprint density at radius 2 is 1.97 bits per heavy atom. The van der Waals surface area contributed by atoms with Gasteiger partial charge in [0, 0.05) is 29.4 Å². The van der Waals surface area contributed by atoms with Crippen LogP contribution in [0.5, 0.6) is 0 Å². The average Bonchev–Trinajstić information content (AvgIpc) is 2.87. The predicted molar refractivity (Wildman–Crippen MR) is 124 cm³/mol. The Morgan fingerprint density at radius 3 is 2.62 bits per heavy atom. The Kier molecular flexibility index (Phi) is 10.2. The minimum Gasteiger partial charge on any atom is -0.545 e. The normalized spacial score (nSPS) is 35.9. The summed E-state index contributed by atoms with van der Waals surface area (Å²) in [5.41, 5.74) is 0.721. The van der Waals surface area contributed by atoms with Gasteiger partial charge in [0.05, 0.1) is 38.0 Å². The predicted octanol–water partition coefficient (Wildman–Crippen LogP) is -3.03. The highest BCUT2D eigenvalue weighted by atomic mass is 16.8. The Bertz CT molecular complexity index is 956. The molecule has 0 aromatic heterocycles. The van der Waals surface area contributed by atoms with Gasteiger partial charge in [-0.25, -0.2) is 0 Å². The summed E-state index contributed by atoms with van der Waals surface area (Å²) in [6, 6.07) is 0. The zero-order valence-corrected chi connectivity index (χ0v) is 20.1. The van der Waals surface area contributed by atoms with Gasteiger partial charge >= 0.3 is 5.97 Å². The zero-order chi connectivity index (χ0) is 27.1. The van der Waals surface area contributed by atoms with Gasteiger partial charge in [-0.2, -0.15) is 0 Å². The van der Waals surface area contributed by atoms with Crippen LogP contribution in [0.3, 0.4) is 0 Å². The molecule has 3 aliphatic rings. The van der Waals surface area contributed by atoms with E-state index in [-0.39, 0.29) is 12.0 Å². The first-order valence-electron chi connectivity index (χ1n) is 11.9. The number of carboxylic acids is 2. The maximum absolute atomic E-state index is 11.8. The molecular formula is C25H33NO11. The fourth-order valence-electron chi connectivity index (χ4n) is 4.46. The molecule has 3 heterocycles. The average molecular weight is 524 g/mol. The van der Waals surface area contributed by atoms with Crippen LogP contribution in [0.15, 0.2) is 60.6 Å². The molecule has 12 nitrogen and oxygen atoms in total. The lowest BCUT2D eigenvalue weighted by Gasteiger charge is -2.43. The van der Waals surface area contributed by atoms with Crippen LogP contribution < -0.4 is 10.0 Å². The minimum absolute atomic E-state index is 0.0743. The molecule has 0 spiro atoms. The Labute approximate surface area is 213 Å². The molecular weight excluding hydrogens is 490 g/mol. The van der Waals surface area contributed by atoms with E-state index in [1.54, 1.807) is 12.2 Å². The number of hydrogen-bond donors (Lipinski definition) is 6. The topological polar surface area (TPSA) is 190 Å². The van der Waals surface area contributed by atoms with Crippen molar-refractivity contribution >= 4 is 11.9 Å². The summed E-state index contributed by atoms with van der Waals surface area (Å²) in [6.07, 6.45) is 3.30. The first-order chi connectivity index (χ1) is 17.7. The highest BCUT2D eigenvalue weighted by Crippen LogP contribution is 2.35. The second kappa shape index (κ2) is 13.1. The van der Waals surface area contributed by atoms with E-state index < -0.39 is 67.4 Å². The Balaban J connectivity index is 1.74. The molecule has 0 aromatic carbocycles. The van der Waals surface area contributed by atoms with Crippen molar-refractivity contribution in [2.75, 3.05) is 19.7 Å². The van der Waals surface area contributed by atoms with Gasteiger partial charge in [-0.15, -0.1) is 6.58 Å². The van der Waals surface area contributed by atoms with E-state index in [2.05, 4.69) is 6.58 Å². The highest BCUT2D eigenvalue weighted by molar-refractivity contribution is 5.85. The van der Waals surface area contributed by atoms with E-state index >= 15 is 0 Å². The molecule has 0 aliphatic carbocycles. The number of ether oxygens (including phenoxy) is 3. The van der Waals surface area contributed by atoms with Gasteiger partial charge in [0.2, 0.25) is 6.29 Å². The van der Waals surface area contributed by atoms with Crippen molar-refractivity contribution in [3.63, 3.8) is 0 Å². The molecule has 12 heteroatoms. The largest absolute Gasteiger partial charge is 0.545 e. The molecule has 1 saturated heterocycles. The number of nitrogens with one attached hydrogen (secondary N) is 1. The number of carboxylic acid groups (broad SMARTS) is 2. The Hall–Kier alpha value is -2.84. The summed E-state index contributed by atoms with van der Waals surface area (Å²) < 4.78 is 16.5. The number of rotatable bonds is 11. The summed E-state index contributed by atoms with van der Waals surface area (Å²) in [7, 11) is 0. The van der Waals surface area contributed by atoms with Crippen LogP contribution in [0.4, 0.5) is 0 Å². The molecule has 0 saturated carbocycles. The number of carbonyl (C=O) groups is 2. The highest BCUT2D eigenvalue weighted by Gasteiger charge is 2.46. The summed E-state index contributed by atoms with van der Waals surface area (Å²) in [5, 5.41) is 60.4. The fraction of sp³-hybridized carbons (Fsp3) is 0.520. The number of carbonyl (C=O) groups excluding carboxylic acids is 1. The summed E-state index contributed by atoms with van der Waals surface area (Å²) in [4.78, 5) is 23.6. The van der Waals surface area contributed by atoms with Gasteiger partial charge in [0.15, 0.2) is 6.29 Å².